The van der Waals surface area contributed by atoms with E-state index in [-0.39, 0.29) is 17.9 Å². The van der Waals surface area contributed by atoms with Gasteiger partial charge in [0.15, 0.2) is 5.65 Å². The first kappa shape index (κ1) is 22.2. The van der Waals surface area contributed by atoms with Gasteiger partial charge in [-0.1, -0.05) is 29.8 Å². The first-order chi connectivity index (χ1) is 15.4. The number of nitrogens with zero attached hydrogens (tertiary/aromatic N) is 5. The lowest BCUT2D eigenvalue weighted by molar-refractivity contribution is -0.148. The third kappa shape index (κ3) is 4.20. The van der Waals surface area contributed by atoms with Gasteiger partial charge < -0.3 is 9.64 Å². The number of pyridine rings is 1. The van der Waals surface area contributed by atoms with Gasteiger partial charge in [-0.05, 0) is 31.5 Å². The standard InChI is InChI=1S/C23H26ClN5O3/c1-15(2)29-21-16(14-26-29)12-17(13-25-21)22(30)28-10-8-27(9-11-28)20(23(31)32-3)18-6-4-5-7-19(18)24/h4-7,12-15,20H,8-11H2,1-3H3. The lowest BCUT2D eigenvalue weighted by atomic mass is 10.0. The van der Waals surface area contributed by atoms with Gasteiger partial charge in [0.1, 0.15) is 6.04 Å². The largest absolute Gasteiger partial charge is 0.468 e. The van der Waals surface area contributed by atoms with Crippen molar-refractivity contribution in [3.63, 3.8) is 0 Å². The molecule has 1 aliphatic heterocycles. The molecule has 3 aromatic rings. The molecule has 1 saturated heterocycles. The van der Waals surface area contributed by atoms with E-state index >= 15 is 0 Å². The van der Waals surface area contributed by atoms with Crippen LogP contribution in [0.25, 0.3) is 11.0 Å². The molecular formula is C23H26ClN5O3. The summed E-state index contributed by atoms with van der Waals surface area (Å²) in [5, 5.41) is 5.72. The third-order valence-corrected chi connectivity index (χ3v) is 6.10. The summed E-state index contributed by atoms with van der Waals surface area (Å²) < 4.78 is 6.88. The van der Waals surface area contributed by atoms with E-state index in [0.29, 0.717) is 42.3 Å². The highest BCUT2D eigenvalue weighted by atomic mass is 35.5. The Labute approximate surface area is 191 Å². The van der Waals surface area contributed by atoms with Crippen LogP contribution in [0, 0.1) is 0 Å². The molecule has 9 heteroatoms. The van der Waals surface area contributed by atoms with Crippen LogP contribution in [0.3, 0.4) is 0 Å². The number of methoxy groups -OCH3 is 1. The number of ether oxygens (including phenoxy) is 1. The highest BCUT2D eigenvalue weighted by molar-refractivity contribution is 6.31. The quantitative estimate of drug-likeness (QED) is 0.549. The van der Waals surface area contributed by atoms with Gasteiger partial charge in [-0.3, -0.25) is 9.69 Å². The van der Waals surface area contributed by atoms with E-state index in [0.717, 1.165) is 11.0 Å². The predicted molar refractivity (Wildman–Crippen MR) is 122 cm³/mol. The molecule has 168 valence electrons. The number of fused-ring (bicyclic) bond motifs is 1. The van der Waals surface area contributed by atoms with Crippen molar-refractivity contribution in [2.24, 2.45) is 0 Å². The zero-order chi connectivity index (χ0) is 22.8. The van der Waals surface area contributed by atoms with Crippen molar-refractivity contribution in [2.75, 3.05) is 33.3 Å². The summed E-state index contributed by atoms with van der Waals surface area (Å²) in [6.45, 7) is 6.10. The fourth-order valence-electron chi connectivity index (χ4n) is 4.08. The molecule has 1 unspecified atom stereocenters. The van der Waals surface area contributed by atoms with E-state index in [9.17, 15) is 9.59 Å². The van der Waals surface area contributed by atoms with E-state index in [1.54, 1.807) is 23.4 Å². The number of hydrogen-bond donors (Lipinski definition) is 0. The summed E-state index contributed by atoms with van der Waals surface area (Å²) in [6.07, 6.45) is 3.35. The Hall–Kier alpha value is -2.97. The fourth-order valence-corrected chi connectivity index (χ4v) is 4.32. The number of piperazine rings is 1. The van der Waals surface area contributed by atoms with Gasteiger partial charge in [0.2, 0.25) is 0 Å². The number of amides is 1. The normalized spacial score (nSPS) is 15.8. The summed E-state index contributed by atoms with van der Waals surface area (Å²) in [7, 11) is 1.37. The average molecular weight is 456 g/mol. The Morgan fingerprint density at radius 2 is 1.81 bits per heavy atom. The third-order valence-electron chi connectivity index (χ3n) is 5.76. The van der Waals surface area contributed by atoms with Crippen LogP contribution >= 0.6 is 11.6 Å². The Morgan fingerprint density at radius 3 is 2.47 bits per heavy atom. The number of rotatable bonds is 5. The Bertz CT molecular complexity index is 1140. The van der Waals surface area contributed by atoms with Gasteiger partial charge in [-0.25, -0.2) is 14.5 Å². The Kier molecular flexibility index (Phi) is 6.43. The zero-order valence-electron chi connectivity index (χ0n) is 18.4. The van der Waals surface area contributed by atoms with Crippen LogP contribution in [0.1, 0.15) is 41.9 Å². The monoisotopic (exact) mass is 455 g/mol. The van der Waals surface area contributed by atoms with Crippen molar-refractivity contribution in [3.05, 3.63) is 58.9 Å². The van der Waals surface area contributed by atoms with E-state index in [4.69, 9.17) is 16.3 Å². The van der Waals surface area contributed by atoms with Gasteiger partial charge >= 0.3 is 5.97 Å². The lowest BCUT2D eigenvalue weighted by Gasteiger charge is -2.38. The minimum atomic E-state index is -0.606. The van der Waals surface area contributed by atoms with Crippen LogP contribution in [-0.2, 0) is 9.53 Å². The number of carbonyl (C=O) groups excluding carboxylic acids is 2. The van der Waals surface area contributed by atoms with Crippen LogP contribution in [0.5, 0.6) is 0 Å². The summed E-state index contributed by atoms with van der Waals surface area (Å²) in [4.78, 5) is 33.9. The number of aromatic nitrogens is 3. The lowest BCUT2D eigenvalue weighted by Crippen LogP contribution is -2.51. The molecule has 4 rings (SSSR count). The van der Waals surface area contributed by atoms with Crippen molar-refractivity contribution in [2.45, 2.75) is 25.9 Å². The predicted octanol–water partition coefficient (Wildman–Crippen LogP) is 3.34. The van der Waals surface area contributed by atoms with Crippen LogP contribution in [-0.4, -0.2) is 69.7 Å². The molecule has 2 aromatic heterocycles. The van der Waals surface area contributed by atoms with Crippen LogP contribution in [0.2, 0.25) is 5.02 Å². The SMILES string of the molecule is COC(=O)C(c1ccccc1Cl)N1CCN(C(=O)c2cnc3c(cnn3C(C)C)c2)CC1. The molecule has 1 fully saturated rings. The topological polar surface area (TPSA) is 80.6 Å². The molecule has 0 aliphatic carbocycles. The molecule has 0 spiro atoms. The molecule has 0 bridgehead atoms. The van der Waals surface area contributed by atoms with Crippen LogP contribution < -0.4 is 0 Å². The van der Waals surface area contributed by atoms with E-state index in [1.165, 1.54) is 7.11 Å². The second-order valence-electron chi connectivity index (χ2n) is 8.10. The maximum Gasteiger partial charge on any atom is 0.327 e. The van der Waals surface area contributed by atoms with Gasteiger partial charge in [-0.15, -0.1) is 0 Å². The van der Waals surface area contributed by atoms with Crippen LogP contribution in [0.15, 0.2) is 42.7 Å². The molecule has 1 aliphatic rings. The molecular weight excluding hydrogens is 430 g/mol. The smallest absolute Gasteiger partial charge is 0.327 e. The van der Waals surface area contributed by atoms with Gasteiger partial charge in [-0.2, -0.15) is 5.10 Å². The molecule has 0 N–H and O–H groups in total. The zero-order valence-corrected chi connectivity index (χ0v) is 19.1. The number of halogens is 1. The van der Waals surface area contributed by atoms with E-state index in [1.807, 2.05) is 47.7 Å². The Balaban J connectivity index is 1.49. The number of carbonyl (C=O) groups is 2. The van der Waals surface area contributed by atoms with Crippen molar-refractivity contribution >= 4 is 34.5 Å². The number of benzene rings is 1. The van der Waals surface area contributed by atoms with E-state index < -0.39 is 6.04 Å². The van der Waals surface area contributed by atoms with Crippen molar-refractivity contribution in [3.8, 4) is 0 Å². The molecule has 3 heterocycles. The average Bonchev–Trinajstić information content (AvgIpc) is 3.24. The molecule has 32 heavy (non-hydrogen) atoms. The minimum Gasteiger partial charge on any atom is -0.468 e. The van der Waals surface area contributed by atoms with Crippen molar-refractivity contribution in [1.29, 1.82) is 0 Å². The second kappa shape index (κ2) is 9.26. The summed E-state index contributed by atoms with van der Waals surface area (Å²) in [5.41, 5.74) is 2.00. The molecule has 1 amide bonds. The molecule has 0 radical (unpaired) electrons. The highest BCUT2D eigenvalue weighted by Gasteiger charge is 2.33. The number of esters is 1. The fraction of sp³-hybridized carbons (Fsp3) is 0.391. The molecule has 1 aromatic carbocycles. The Morgan fingerprint density at radius 1 is 1.09 bits per heavy atom. The van der Waals surface area contributed by atoms with Crippen molar-refractivity contribution in [1.82, 2.24) is 24.6 Å². The maximum absolute atomic E-state index is 13.1. The molecule has 1 atom stereocenters. The van der Waals surface area contributed by atoms with Crippen molar-refractivity contribution < 1.29 is 14.3 Å². The summed E-state index contributed by atoms with van der Waals surface area (Å²) >= 11 is 6.35. The van der Waals surface area contributed by atoms with Crippen LogP contribution in [0.4, 0.5) is 0 Å². The highest BCUT2D eigenvalue weighted by Crippen LogP contribution is 2.29. The summed E-state index contributed by atoms with van der Waals surface area (Å²) in [5.74, 6) is -0.446. The first-order valence-corrected chi connectivity index (χ1v) is 11.0. The van der Waals surface area contributed by atoms with Gasteiger partial charge in [0.25, 0.3) is 5.91 Å². The molecule has 8 nitrogen and oxygen atoms in total. The summed E-state index contributed by atoms with van der Waals surface area (Å²) in [6, 6.07) is 8.69. The van der Waals surface area contributed by atoms with Gasteiger partial charge in [0, 0.05) is 48.8 Å². The maximum atomic E-state index is 13.1. The molecule has 0 saturated carbocycles. The minimum absolute atomic E-state index is 0.0799. The van der Waals surface area contributed by atoms with Gasteiger partial charge in [0.05, 0.1) is 18.9 Å². The number of hydrogen-bond acceptors (Lipinski definition) is 6. The second-order valence-corrected chi connectivity index (χ2v) is 8.50. The van der Waals surface area contributed by atoms with E-state index in [2.05, 4.69) is 10.1 Å². The first-order valence-electron chi connectivity index (χ1n) is 10.6.